The number of carbonyl (C=O) groups is 1. The van der Waals surface area contributed by atoms with E-state index in [1.54, 1.807) is 0 Å². The molecule has 2 aromatic rings. The maximum Gasteiger partial charge on any atom is 0.233 e. The number of hydrogen-bond acceptors (Lipinski definition) is 4. The number of benzene rings is 1. The molecule has 6 nitrogen and oxygen atoms in total. The van der Waals surface area contributed by atoms with Crippen molar-refractivity contribution >= 4 is 5.91 Å². The minimum atomic E-state index is -0.556. The van der Waals surface area contributed by atoms with Crippen molar-refractivity contribution < 1.29 is 4.79 Å². The maximum absolute atomic E-state index is 13.6. The van der Waals surface area contributed by atoms with Gasteiger partial charge < -0.3 is 14.8 Å². The quantitative estimate of drug-likeness (QED) is 0.905. The first-order valence-electron chi connectivity index (χ1n) is 9.99. The third-order valence-corrected chi connectivity index (χ3v) is 6.01. The smallest absolute Gasteiger partial charge is 0.233 e. The Bertz CT molecular complexity index is 824. The molecular formula is C21H29N5O. The molecule has 27 heavy (non-hydrogen) atoms. The van der Waals surface area contributed by atoms with Gasteiger partial charge in [0, 0.05) is 32.6 Å². The molecule has 0 saturated carbocycles. The van der Waals surface area contributed by atoms with Crippen LogP contribution in [0.5, 0.6) is 0 Å². The van der Waals surface area contributed by atoms with Crippen LogP contribution >= 0.6 is 0 Å². The molecular weight excluding hydrogens is 338 g/mol. The number of aryl methyl sites for hydroxylation is 1. The lowest BCUT2D eigenvalue weighted by Gasteiger charge is -2.33. The second-order valence-electron chi connectivity index (χ2n) is 8.27. The van der Waals surface area contributed by atoms with Crippen molar-refractivity contribution in [3.63, 3.8) is 0 Å². The van der Waals surface area contributed by atoms with Gasteiger partial charge >= 0.3 is 0 Å². The fraction of sp³-hybridized carbons (Fsp3) is 0.571. The average Bonchev–Trinajstić information content (AvgIpc) is 3.22. The normalized spacial score (nSPS) is 20.4. The summed E-state index contributed by atoms with van der Waals surface area (Å²) in [5, 5.41) is 12.3. The van der Waals surface area contributed by atoms with Crippen LogP contribution in [0.3, 0.4) is 0 Å². The summed E-state index contributed by atoms with van der Waals surface area (Å²) in [7, 11) is 0. The molecule has 1 amide bonds. The molecule has 0 unspecified atom stereocenters. The van der Waals surface area contributed by atoms with Crippen LogP contribution in [0.15, 0.2) is 24.3 Å². The highest BCUT2D eigenvalue weighted by Gasteiger charge is 2.41. The van der Waals surface area contributed by atoms with Crippen molar-refractivity contribution in [1.82, 2.24) is 25.0 Å². The minimum absolute atomic E-state index is 0.0292. The summed E-state index contributed by atoms with van der Waals surface area (Å²) >= 11 is 0. The van der Waals surface area contributed by atoms with E-state index >= 15 is 0 Å². The molecule has 144 valence electrons. The van der Waals surface area contributed by atoms with Crippen LogP contribution < -0.4 is 5.32 Å². The Morgan fingerprint density at radius 1 is 1.15 bits per heavy atom. The van der Waals surface area contributed by atoms with Gasteiger partial charge in [0.2, 0.25) is 5.91 Å². The number of fused-ring (bicyclic) bond motifs is 1. The van der Waals surface area contributed by atoms with Crippen LogP contribution in [-0.4, -0.2) is 45.2 Å². The number of nitrogens with zero attached hydrogens (tertiary/aromatic N) is 4. The van der Waals surface area contributed by atoms with Gasteiger partial charge in [0.25, 0.3) is 0 Å². The van der Waals surface area contributed by atoms with Gasteiger partial charge in [0.15, 0.2) is 5.82 Å². The standard InChI is InChI=1S/C21H29N5O/c1-15-6-8-16(9-7-15)21(2,3)20(27)25-13-4-5-17(25)19-24-23-18-10-11-22-12-14-26(18)19/h6-9,17,22H,4-5,10-14H2,1-3H3/t17-/m1/s1. The molecule has 4 rings (SSSR count). The predicted octanol–water partition coefficient (Wildman–Crippen LogP) is 2.37. The van der Waals surface area contributed by atoms with E-state index in [-0.39, 0.29) is 11.9 Å². The van der Waals surface area contributed by atoms with Crippen molar-refractivity contribution in [1.29, 1.82) is 0 Å². The molecule has 1 aromatic heterocycles. The second kappa shape index (κ2) is 7.08. The topological polar surface area (TPSA) is 63.1 Å². The van der Waals surface area contributed by atoms with Gasteiger partial charge in [-0.2, -0.15) is 0 Å². The van der Waals surface area contributed by atoms with E-state index < -0.39 is 5.41 Å². The summed E-state index contributed by atoms with van der Waals surface area (Å²) < 4.78 is 2.23. The Hall–Kier alpha value is -2.21. The lowest BCUT2D eigenvalue weighted by atomic mass is 9.82. The molecule has 1 N–H and O–H groups in total. The highest BCUT2D eigenvalue weighted by Crippen LogP contribution is 2.36. The van der Waals surface area contributed by atoms with Gasteiger partial charge in [-0.1, -0.05) is 29.8 Å². The van der Waals surface area contributed by atoms with Crippen molar-refractivity contribution in [3.05, 3.63) is 47.0 Å². The molecule has 1 fully saturated rings. The van der Waals surface area contributed by atoms with Crippen LogP contribution in [0.1, 0.15) is 55.5 Å². The first kappa shape index (κ1) is 18.2. The lowest BCUT2D eigenvalue weighted by Crippen LogP contribution is -2.43. The average molecular weight is 367 g/mol. The van der Waals surface area contributed by atoms with Crippen molar-refractivity contribution in [2.45, 2.75) is 58.0 Å². The van der Waals surface area contributed by atoms with Gasteiger partial charge in [-0.3, -0.25) is 4.79 Å². The zero-order chi connectivity index (χ0) is 19.0. The third kappa shape index (κ3) is 3.27. The fourth-order valence-electron chi connectivity index (χ4n) is 4.27. The Balaban J connectivity index is 1.62. The summed E-state index contributed by atoms with van der Waals surface area (Å²) in [5.74, 6) is 2.17. The second-order valence-corrected chi connectivity index (χ2v) is 8.27. The van der Waals surface area contributed by atoms with E-state index in [0.717, 1.165) is 62.7 Å². The first-order chi connectivity index (χ1) is 13.0. The van der Waals surface area contributed by atoms with E-state index in [2.05, 4.69) is 51.3 Å². The van der Waals surface area contributed by atoms with Crippen LogP contribution in [0.2, 0.25) is 0 Å². The summed E-state index contributed by atoms with van der Waals surface area (Å²) in [4.78, 5) is 15.6. The van der Waals surface area contributed by atoms with Gasteiger partial charge in [0.1, 0.15) is 5.82 Å². The zero-order valence-corrected chi connectivity index (χ0v) is 16.5. The van der Waals surface area contributed by atoms with E-state index in [1.165, 1.54) is 5.56 Å². The van der Waals surface area contributed by atoms with Gasteiger partial charge in [-0.05, 0) is 39.2 Å². The number of likely N-dealkylation sites (tertiary alicyclic amines) is 1. The number of hydrogen-bond donors (Lipinski definition) is 1. The van der Waals surface area contributed by atoms with Gasteiger partial charge in [0.05, 0.1) is 11.5 Å². The molecule has 3 heterocycles. The SMILES string of the molecule is Cc1ccc(C(C)(C)C(=O)N2CCC[C@@H]2c2nnc3n2CCNCC3)cc1. The first-order valence-corrected chi connectivity index (χ1v) is 9.99. The number of amides is 1. The predicted molar refractivity (Wildman–Crippen MR) is 104 cm³/mol. The monoisotopic (exact) mass is 367 g/mol. The zero-order valence-electron chi connectivity index (χ0n) is 16.5. The molecule has 1 atom stereocenters. The summed E-state index contributed by atoms with van der Waals surface area (Å²) in [5.41, 5.74) is 1.72. The molecule has 2 aliphatic rings. The fourth-order valence-corrected chi connectivity index (χ4v) is 4.27. The van der Waals surface area contributed by atoms with Gasteiger partial charge in [-0.25, -0.2) is 0 Å². The molecule has 6 heteroatoms. The lowest BCUT2D eigenvalue weighted by molar-refractivity contribution is -0.137. The molecule has 0 radical (unpaired) electrons. The van der Waals surface area contributed by atoms with Crippen LogP contribution in [0, 0.1) is 6.92 Å². The van der Waals surface area contributed by atoms with Crippen LogP contribution in [0.25, 0.3) is 0 Å². The Morgan fingerprint density at radius 3 is 2.70 bits per heavy atom. The summed E-state index contributed by atoms with van der Waals surface area (Å²) in [6, 6.07) is 8.34. The highest BCUT2D eigenvalue weighted by molar-refractivity contribution is 5.88. The highest BCUT2D eigenvalue weighted by atomic mass is 16.2. The molecule has 1 saturated heterocycles. The van der Waals surface area contributed by atoms with Crippen molar-refractivity contribution in [2.24, 2.45) is 0 Å². The molecule has 0 aliphatic carbocycles. The van der Waals surface area contributed by atoms with Crippen molar-refractivity contribution in [3.8, 4) is 0 Å². The Morgan fingerprint density at radius 2 is 1.93 bits per heavy atom. The van der Waals surface area contributed by atoms with Crippen LogP contribution in [-0.2, 0) is 23.2 Å². The number of nitrogens with one attached hydrogen (secondary N) is 1. The van der Waals surface area contributed by atoms with Crippen LogP contribution in [0.4, 0.5) is 0 Å². The number of rotatable bonds is 3. The number of aromatic nitrogens is 3. The molecule has 2 aliphatic heterocycles. The third-order valence-electron chi connectivity index (χ3n) is 6.01. The summed E-state index contributed by atoms with van der Waals surface area (Å²) in [6.07, 6.45) is 2.87. The van der Waals surface area contributed by atoms with Gasteiger partial charge in [-0.15, -0.1) is 10.2 Å². The molecule has 0 spiro atoms. The van der Waals surface area contributed by atoms with E-state index in [1.807, 2.05) is 18.7 Å². The Labute approximate surface area is 161 Å². The minimum Gasteiger partial charge on any atom is -0.332 e. The van der Waals surface area contributed by atoms with E-state index in [0.29, 0.717) is 0 Å². The maximum atomic E-state index is 13.6. The Kier molecular flexibility index (Phi) is 4.76. The van der Waals surface area contributed by atoms with Crippen molar-refractivity contribution in [2.75, 3.05) is 19.6 Å². The molecule has 1 aromatic carbocycles. The largest absolute Gasteiger partial charge is 0.332 e. The molecule has 0 bridgehead atoms. The number of carbonyl (C=O) groups excluding carboxylic acids is 1. The summed E-state index contributed by atoms with van der Waals surface area (Å²) in [6.45, 7) is 9.66. The van der Waals surface area contributed by atoms with E-state index in [4.69, 9.17) is 0 Å². The van der Waals surface area contributed by atoms with E-state index in [9.17, 15) is 4.79 Å².